The minimum atomic E-state index is -0.111. The minimum Gasteiger partial charge on any atom is -0.353 e. The van der Waals surface area contributed by atoms with E-state index in [0.29, 0.717) is 6.54 Å². The van der Waals surface area contributed by atoms with E-state index in [0.717, 1.165) is 11.3 Å². The molecule has 0 saturated heterocycles. The lowest BCUT2D eigenvalue weighted by molar-refractivity contribution is -0.123. The molecule has 5 heteroatoms. The van der Waals surface area contributed by atoms with Gasteiger partial charge in [0, 0.05) is 11.7 Å². The molecule has 2 amide bonds. The van der Waals surface area contributed by atoms with Crippen molar-refractivity contribution in [3.8, 4) is 0 Å². The van der Waals surface area contributed by atoms with Crippen molar-refractivity contribution in [1.29, 1.82) is 0 Å². The van der Waals surface area contributed by atoms with Gasteiger partial charge in [-0.25, -0.2) is 0 Å². The van der Waals surface area contributed by atoms with E-state index in [4.69, 9.17) is 0 Å². The molecule has 1 aromatic carbocycles. The highest BCUT2D eigenvalue weighted by Gasteiger charge is 2.13. The van der Waals surface area contributed by atoms with Gasteiger partial charge in [-0.15, -0.1) is 0 Å². The summed E-state index contributed by atoms with van der Waals surface area (Å²) in [5.74, 6) is -0.171. The van der Waals surface area contributed by atoms with Gasteiger partial charge in [0.2, 0.25) is 11.8 Å². The van der Waals surface area contributed by atoms with Crippen LogP contribution in [0.3, 0.4) is 0 Å². The van der Waals surface area contributed by atoms with Gasteiger partial charge in [0.25, 0.3) is 0 Å². The fraction of sp³-hybridized carbons (Fsp3) is 0.500. The molecule has 116 valence electrons. The molecule has 0 aliphatic heterocycles. The molecule has 1 aromatic rings. The fourth-order valence-electron chi connectivity index (χ4n) is 1.98. The van der Waals surface area contributed by atoms with E-state index in [-0.39, 0.29) is 30.9 Å². The maximum atomic E-state index is 12.0. The molecule has 0 bridgehead atoms. The van der Waals surface area contributed by atoms with Crippen LogP contribution in [-0.4, -0.2) is 42.4 Å². The zero-order chi connectivity index (χ0) is 15.8. The highest BCUT2D eigenvalue weighted by Crippen LogP contribution is 2.09. The van der Waals surface area contributed by atoms with Crippen molar-refractivity contribution in [2.45, 2.75) is 33.7 Å². The molecule has 0 aliphatic carbocycles. The van der Waals surface area contributed by atoms with Crippen LogP contribution in [0.4, 0.5) is 5.69 Å². The fourth-order valence-corrected chi connectivity index (χ4v) is 1.98. The summed E-state index contributed by atoms with van der Waals surface area (Å²) in [4.78, 5) is 25.5. The van der Waals surface area contributed by atoms with Crippen LogP contribution in [0.5, 0.6) is 0 Å². The molecular weight excluding hydrogens is 266 g/mol. The number of hydrogen-bond donors (Lipinski definition) is 2. The SMILES string of the molecule is CCN(CC(=O)Nc1cccc(C)c1)CC(=O)NC(C)C. The average Bonchev–Trinajstić information content (AvgIpc) is 2.36. The molecule has 0 aliphatic rings. The van der Waals surface area contributed by atoms with Gasteiger partial charge in [0.1, 0.15) is 0 Å². The van der Waals surface area contributed by atoms with E-state index in [2.05, 4.69) is 10.6 Å². The number of carbonyl (C=O) groups is 2. The van der Waals surface area contributed by atoms with E-state index < -0.39 is 0 Å². The highest BCUT2D eigenvalue weighted by molar-refractivity contribution is 5.92. The zero-order valence-electron chi connectivity index (χ0n) is 13.3. The average molecular weight is 291 g/mol. The van der Waals surface area contributed by atoms with Crippen LogP contribution in [0.15, 0.2) is 24.3 Å². The number of benzene rings is 1. The van der Waals surface area contributed by atoms with Crippen molar-refractivity contribution < 1.29 is 9.59 Å². The number of nitrogens with one attached hydrogen (secondary N) is 2. The first kappa shape index (κ1) is 17.2. The van der Waals surface area contributed by atoms with Crippen LogP contribution in [-0.2, 0) is 9.59 Å². The summed E-state index contributed by atoms with van der Waals surface area (Å²) in [7, 11) is 0. The van der Waals surface area contributed by atoms with Crippen LogP contribution >= 0.6 is 0 Å². The third-order valence-corrected chi connectivity index (χ3v) is 2.93. The second-order valence-electron chi connectivity index (χ2n) is 5.44. The van der Waals surface area contributed by atoms with Crippen molar-refractivity contribution in [2.24, 2.45) is 0 Å². The van der Waals surface area contributed by atoms with Gasteiger partial charge in [-0.2, -0.15) is 0 Å². The number of hydrogen-bond acceptors (Lipinski definition) is 3. The molecule has 0 atom stereocenters. The van der Waals surface area contributed by atoms with Gasteiger partial charge in [0.15, 0.2) is 0 Å². The Morgan fingerprint density at radius 1 is 1.19 bits per heavy atom. The number of anilines is 1. The molecule has 0 fully saturated rings. The first-order chi connectivity index (χ1) is 9.90. The molecule has 2 N–H and O–H groups in total. The highest BCUT2D eigenvalue weighted by atomic mass is 16.2. The lowest BCUT2D eigenvalue weighted by Gasteiger charge is -2.20. The third kappa shape index (κ3) is 6.90. The van der Waals surface area contributed by atoms with Crippen molar-refractivity contribution in [1.82, 2.24) is 10.2 Å². The number of aryl methyl sites for hydroxylation is 1. The number of amides is 2. The molecule has 21 heavy (non-hydrogen) atoms. The van der Waals surface area contributed by atoms with Gasteiger partial charge in [-0.3, -0.25) is 14.5 Å². The maximum Gasteiger partial charge on any atom is 0.238 e. The molecule has 5 nitrogen and oxygen atoms in total. The summed E-state index contributed by atoms with van der Waals surface area (Å²) in [6.07, 6.45) is 0. The first-order valence-corrected chi connectivity index (χ1v) is 7.29. The molecule has 0 heterocycles. The van der Waals surface area contributed by atoms with Crippen LogP contribution in [0.1, 0.15) is 26.3 Å². The van der Waals surface area contributed by atoms with Gasteiger partial charge in [-0.1, -0.05) is 19.1 Å². The standard InChI is InChI=1S/C16H25N3O2/c1-5-19(10-15(20)17-12(2)3)11-16(21)18-14-8-6-7-13(4)9-14/h6-9,12H,5,10-11H2,1-4H3,(H,17,20)(H,18,21). The van der Waals surface area contributed by atoms with E-state index >= 15 is 0 Å². The van der Waals surface area contributed by atoms with E-state index in [1.807, 2.05) is 56.9 Å². The molecule has 0 radical (unpaired) electrons. The number of nitrogens with zero attached hydrogens (tertiary/aromatic N) is 1. The lowest BCUT2D eigenvalue weighted by Crippen LogP contribution is -2.42. The molecule has 0 saturated carbocycles. The Bertz CT molecular complexity index is 486. The summed E-state index contributed by atoms with van der Waals surface area (Å²) in [5, 5.41) is 5.67. The van der Waals surface area contributed by atoms with Crippen LogP contribution in [0, 0.1) is 6.92 Å². The lowest BCUT2D eigenvalue weighted by atomic mass is 10.2. The van der Waals surface area contributed by atoms with Crippen LogP contribution in [0.25, 0.3) is 0 Å². The smallest absolute Gasteiger partial charge is 0.238 e. The number of likely N-dealkylation sites (N-methyl/N-ethyl adjacent to an activating group) is 1. The minimum absolute atomic E-state index is 0.0600. The van der Waals surface area contributed by atoms with Gasteiger partial charge in [0.05, 0.1) is 13.1 Å². The Balaban J connectivity index is 2.49. The van der Waals surface area contributed by atoms with Crippen LogP contribution < -0.4 is 10.6 Å². The second kappa shape index (κ2) is 8.42. The molecule has 0 unspecified atom stereocenters. The largest absolute Gasteiger partial charge is 0.353 e. The van der Waals surface area contributed by atoms with E-state index in [9.17, 15) is 9.59 Å². The van der Waals surface area contributed by atoms with Crippen LogP contribution in [0.2, 0.25) is 0 Å². The zero-order valence-corrected chi connectivity index (χ0v) is 13.3. The van der Waals surface area contributed by atoms with Crippen molar-refractivity contribution in [2.75, 3.05) is 25.0 Å². The third-order valence-electron chi connectivity index (χ3n) is 2.93. The predicted molar refractivity (Wildman–Crippen MR) is 85.2 cm³/mol. The number of rotatable bonds is 7. The summed E-state index contributed by atoms with van der Waals surface area (Å²) in [6, 6.07) is 7.76. The Morgan fingerprint density at radius 3 is 2.43 bits per heavy atom. The summed E-state index contributed by atoms with van der Waals surface area (Å²) in [5.41, 5.74) is 1.87. The van der Waals surface area contributed by atoms with Gasteiger partial charge >= 0.3 is 0 Å². The Hall–Kier alpha value is -1.88. The Kier molecular flexibility index (Phi) is 6.88. The Morgan fingerprint density at radius 2 is 1.86 bits per heavy atom. The normalized spacial score (nSPS) is 10.8. The van der Waals surface area contributed by atoms with Gasteiger partial charge < -0.3 is 10.6 Å². The van der Waals surface area contributed by atoms with E-state index in [1.54, 1.807) is 0 Å². The molecule has 1 rings (SSSR count). The quantitative estimate of drug-likeness (QED) is 0.805. The summed E-state index contributed by atoms with van der Waals surface area (Å²) in [6.45, 7) is 8.82. The Labute approximate surface area is 126 Å². The first-order valence-electron chi connectivity index (χ1n) is 7.29. The molecule has 0 aromatic heterocycles. The summed E-state index contributed by atoms with van der Waals surface area (Å²) >= 11 is 0. The monoisotopic (exact) mass is 291 g/mol. The number of carbonyl (C=O) groups excluding carboxylic acids is 2. The predicted octanol–water partition coefficient (Wildman–Crippen LogP) is 1.78. The second-order valence-corrected chi connectivity index (χ2v) is 5.44. The maximum absolute atomic E-state index is 12.0. The van der Waals surface area contributed by atoms with Crippen molar-refractivity contribution in [3.05, 3.63) is 29.8 Å². The van der Waals surface area contributed by atoms with Gasteiger partial charge in [-0.05, 0) is 45.0 Å². The van der Waals surface area contributed by atoms with E-state index in [1.165, 1.54) is 0 Å². The molecule has 0 spiro atoms. The van der Waals surface area contributed by atoms with Crippen molar-refractivity contribution >= 4 is 17.5 Å². The topological polar surface area (TPSA) is 61.4 Å². The summed E-state index contributed by atoms with van der Waals surface area (Å²) < 4.78 is 0. The molecular formula is C16H25N3O2. The van der Waals surface area contributed by atoms with Crippen molar-refractivity contribution in [3.63, 3.8) is 0 Å².